The highest BCUT2D eigenvalue weighted by Gasteiger charge is 2.56. The van der Waals surface area contributed by atoms with Crippen LogP contribution in [0.15, 0.2) is 48.7 Å². The second-order valence-electron chi connectivity index (χ2n) is 7.25. The maximum absolute atomic E-state index is 12.7. The Morgan fingerprint density at radius 3 is 2.62 bits per heavy atom. The van der Waals surface area contributed by atoms with E-state index in [-0.39, 0.29) is 23.9 Å². The number of nitrogens with two attached hydrogens (primary N) is 1. The van der Waals surface area contributed by atoms with Crippen LogP contribution in [0.2, 0.25) is 0 Å². The molecule has 136 valence electrons. The van der Waals surface area contributed by atoms with Gasteiger partial charge in [0.05, 0.1) is 17.5 Å². The van der Waals surface area contributed by atoms with Gasteiger partial charge in [0.1, 0.15) is 5.82 Å². The van der Waals surface area contributed by atoms with E-state index in [1.165, 1.54) is 4.90 Å². The third-order valence-electron chi connectivity index (χ3n) is 5.08. The zero-order valence-corrected chi connectivity index (χ0v) is 15.3. The average molecular weight is 352 g/mol. The highest BCUT2D eigenvalue weighted by molar-refractivity contribution is 6.02. The number of urea groups is 1. The monoisotopic (exact) mass is 352 g/mol. The van der Waals surface area contributed by atoms with Gasteiger partial charge in [-0.1, -0.05) is 30.3 Å². The molecule has 3 amide bonds. The summed E-state index contributed by atoms with van der Waals surface area (Å²) in [6.45, 7) is 5.73. The first-order chi connectivity index (χ1) is 12.3. The summed E-state index contributed by atoms with van der Waals surface area (Å²) < 4.78 is 0. The number of hydrogen-bond acceptors (Lipinski definition) is 4. The van der Waals surface area contributed by atoms with Crippen LogP contribution in [0.3, 0.4) is 0 Å². The van der Waals surface area contributed by atoms with Crippen molar-refractivity contribution in [1.82, 2.24) is 15.2 Å². The number of nitrogens with zero attached hydrogens (tertiary/aromatic N) is 2. The number of carbonyl (C=O) groups is 2. The molecular weight excluding hydrogens is 328 g/mol. The van der Waals surface area contributed by atoms with Crippen molar-refractivity contribution in [3.05, 3.63) is 59.8 Å². The molecule has 26 heavy (non-hydrogen) atoms. The second kappa shape index (κ2) is 6.78. The van der Waals surface area contributed by atoms with Gasteiger partial charge < -0.3 is 11.1 Å². The lowest BCUT2D eigenvalue weighted by Gasteiger charge is -2.52. The molecule has 1 aromatic heterocycles. The van der Waals surface area contributed by atoms with Gasteiger partial charge in [-0.2, -0.15) is 0 Å². The van der Waals surface area contributed by atoms with Crippen molar-refractivity contribution in [2.45, 2.75) is 38.8 Å². The summed E-state index contributed by atoms with van der Waals surface area (Å²) in [6.07, 6.45) is 2.17. The fraction of sp³-hybridized carbons (Fsp3) is 0.350. The zero-order valence-electron chi connectivity index (χ0n) is 15.3. The summed E-state index contributed by atoms with van der Waals surface area (Å²) >= 11 is 0. The summed E-state index contributed by atoms with van der Waals surface area (Å²) in [5.41, 5.74) is 7.09. The van der Waals surface area contributed by atoms with Crippen molar-refractivity contribution < 1.29 is 9.59 Å². The van der Waals surface area contributed by atoms with E-state index in [9.17, 15) is 9.59 Å². The van der Waals surface area contributed by atoms with Crippen LogP contribution < -0.4 is 11.1 Å². The van der Waals surface area contributed by atoms with Gasteiger partial charge in [-0.3, -0.25) is 9.69 Å². The molecule has 1 aliphatic rings. The normalized spacial score (nSPS) is 19.6. The number of pyridine rings is 1. The Bertz CT molecular complexity index is 820. The van der Waals surface area contributed by atoms with Crippen molar-refractivity contribution in [3.63, 3.8) is 0 Å². The maximum atomic E-state index is 12.7. The van der Waals surface area contributed by atoms with E-state index in [4.69, 9.17) is 5.73 Å². The summed E-state index contributed by atoms with van der Waals surface area (Å²) in [4.78, 5) is 30.6. The Balaban J connectivity index is 1.68. The number of likely N-dealkylation sites (tertiary alicyclic amines) is 1. The third-order valence-corrected chi connectivity index (χ3v) is 5.08. The van der Waals surface area contributed by atoms with Gasteiger partial charge in [0.2, 0.25) is 5.91 Å². The van der Waals surface area contributed by atoms with Crippen LogP contribution in [0.4, 0.5) is 10.6 Å². The topological polar surface area (TPSA) is 88.3 Å². The Hall–Kier alpha value is -2.89. The lowest BCUT2D eigenvalue weighted by atomic mass is 9.73. The molecule has 3 N–H and O–H groups in total. The highest BCUT2D eigenvalue weighted by Crippen LogP contribution is 2.39. The number of nitrogen functional groups attached to an aromatic ring is 1. The van der Waals surface area contributed by atoms with Gasteiger partial charge in [0.15, 0.2) is 0 Å². The molecule has 1 aromatic carbocycles. The summed E-state index contributed by atoms with van der Waals surface area (Å²) in [7, 11) is 0. The first-order valence-electron chi connectivity index (χ1n) is 8.70. The lowest BCUT2D eigenvalue weighted by Crippen LogP contribution is -2.71. The van der Waals surface area contributed by atoms with Gasteiger partial charge in [0, 0.05) is 6.20 Å². The fourth-order valence-electron chi connectivity index (χ4n) is 3.46. The van der Waals surface area contributed by atoms with Crippen LogP contribution in [0.1, 0.15) is 37.9 Å². The molecule has 3 rings (SSSR count). The number of anilines is 1. The molecule has 6 heteroatoms. The minimum atomic E-state index is -0.560. The van der Waals surface area contributed by atoms with Crippen LogP contribution in [0.5, 0.6) is 0 Å². The van der Waals surface area contributed by atoms with Crippen LogP contribution in [-0.2, 0) is 11.2 Å². The predicted molar refractivity (Wildman–Crippen MR) is 100 cm³/mol. The minimum Gasteiger partial charge on any atom is -0.384 e. The second-order valence-corrected chi connectivity index (χ2v) is 7.25. The Morgan fingerprint density at radius 1 is 1.31 bits per heavy atom. The van der Waals surface area contributed by atoms with Crippen LogP contribution in [-0.4, -0.2) is 27.4 Å². The quantitative estimate of drug-likeness (QED) is 0.828. The minimum absolute atomic E-state index is 0.164. The number of nitrogens with one attached hydrogen (secondary N) is 1. The lowest BCUT2D eigenvalue weighted by molar-refractivity contribution is -0.158. The standard InChI is InChI=1S/C20H24N4O2/c1-13(15-7-5-4-6-8-15)23-19(26)24-18(25)16(20(24,2)3)11-14-9-10-22-17(21)12-14/h4-10,12-13,16H,11H2,1-3H3,(H2,21,22)(H,23,26)/t13-,16?/m1/s1. The average Bonchev–Trinajstić information content (AvgIpc) is 2.60. The van der Waals surface area contributed by atoms with Gasteiger partial charge in [0.25, 0.3) is 0 Å². The smallest absolute Gasteiger partial charge is 0.325 e. The van der Waals surface area contributed by atoms with E-state index in [1.807, 2.05) is 57.2 Å². The number of hydrogen-bond donors (Lipinski definition) is 2. The van der Waals surface area contributed by atoms with Crippen molar-refractivity contribution in [2.24, 2.45) is 5.92 Å². The van der Waals surface area contributed by atoms with Crippen LogP contribution >= 0.6 is 0 Å². The molecule has 2 atom stereocenters. The molecule has 0 aliphatic carbocycles. The number of rotatable bonds is 4. The van der Waals surface area contributed by atoms with Gasteiger partial charge in [-0.25, -0.2) is 9.78 Å². The van der Waals surface area contributed by atoms with E-state index in [2.05, 4.69) is 10.3 Å². The molecule has 1 aliphatic heterocycles. The van der Waals surface area contributed by atoms with Crippen molar-refractivity contribution in [1.29, 1.82) is 0 Å². The number of imide groups is 1. The van der Waals surface area contributed by atoms with Crippen molar-refractivity contribution in [2.75, 3.05) is 5.73 Å². The molecule has 6 nitrogen and oxygen atoms in total. The Kier molecular flexibility index (Phi) is 4.68. The van der Waals surface area contributed by atoms with E-state index in [0.29, 0.717) is 12.2 Å². The van der Waals surface area contributed by atoms with Crippen molar-refractivity contribution in [3.8, 4) is 0 Å². The van der Waals surface area contributed by atoms with Gasteiger partial charge >= 0.3 is 6.03 Å². The highest BCUT2D eigenvalue weighted by atomic mass is 16.2. The van der Waals surface area contributed by atoms with Crippen LogP contribution in [0.25, 0.3) is 0 Å². The Morgan fingerprint density at radius 2 is 2.00 bits per heavy atom. The summed E-state index contributed by atoms with van der Waals surface area (Å²) in [5, 5.41) is 2.91. The molecular formula is C20H24N4O2. The molecule has 0 radical (unpaired) electrons. The molecule has 1 fully saturated rings. The Labute approximate surface area is 153 Å². The van der Waals surface area contributed by atoms with E-state index < -0.39 is 5.54 Å². The predicted octanol–water partition coefficient (Wildman–Crippen LogP) is 2.91. The number of β-lactam (4-membered cyclic amide) rings is 1. The van der Waals surface area contributed by atoms with Crippen LogP contribution in [0, 0.1) is 5.92 Å². The number of benzene rings is 1. The zero-order chi connectivity index (χ0) is 18.9. The van der Waals surface area contributed by atoms with E-state index in [0.717, 1.165) is 11.1 Å². The first kappa shape index (κ1) is 17.9. The summed E-state index contributed by atoms with van der Waals surface area (Å²) in [6, 6.07) is 12.8. The number of aromatic nitrogens is 1. The maximum Gasteiger partial charge on any atom is 0.325 e. The molecule has 0 spiro atoms. The molecule has 2 heterocycles. The number of carbonyl (C=O) groups excluding carboxylic acids is 2. The SMILES string of the molecule is C[C@@H](NC(=O)N1C(=O)C(Cc2ccnc(N)c2)C1(C)C)c1ccccc1. The number of amides is 3. The van der Waals surface area contributed by atoms with E-state index >= 15 is 0 Å². The largest absolute Gasteiger partial charge is 0.384 e. The molecule has 0 saturated carbocycles. The molecule has 2 aromatic rings. The van der Waals surface area contributed by atoms with Gasteiger partial charge in [-0.05, 0) is 50.5 Å². The molecule has 0 bridgehead atoms. The van der Waals surface area contributed by atoms with E-state index in [1.54, 1.807) is 12.3 Å². The van der Waals surface area contributed by atoms with Gasteiger partial charge in [-0.15, -0.1) is 0 Å². The third kappa shape index (κ3) is 3.27. The summed E-state index contributed by atoms with van der Waals surface area (Å²) in [5.74, 6) is 0.00332. The molecule has 1 saturated heterocycles. The fourth-order valence-corrected chi connectivity index (χ4v) is 3.46. The first-order valence-corrected chi connectivity index (χ1v) is 8.70. The van der Waals surface area contributed by atoms with Crippen molar-refractivity contribution >= 4 is 17.8 Å². The molecule has 1 unspecified atom stereocenters.